The minimum atomic E-state index is 0.343. The first-order chi connectivity index (χ1) is 4.75. The van der Waals surface area contributed by atoms with Crippen molar-refractivity contribution >= 4 is 0 Å². The van der Waals surface area contributed by atoms with Crippen LogP contribution in [-0.4, -0.2) is 24.8 Å². The molecule has 1 rings (SSSR count). The van der Waals surface area contributed by atoms with Gasteiger partial charge in [-0.05, 0) is 24.3 Å². The third-order valence-corrected chi connectivity index (χ3v) is 2.48. The van der Waals surface area contributed by atoms with Gasteiger partial charge in [0.2, 0.25) is 0 Å². The van der Waals surface area contributed by atoms with Crippen LogP contribution < -0.4 is 5.32 Å². The van der Waals surface area contributed by atoms with Crippen LogP contribution in [0.25, 0.3) is 0 Å². The lowest BCUT2D eigenvalue weighted by Gasteiger charge is -2.19. The van der Waals surface area contributed by atoms with E-state index in [2.05, 4.69) is 19.2 Å². The minimum Gasteiger partial charge on any atom is -0.396 e. The van der Waals surface area contributed by atoms with Crippen LogP contribution in [0.4, 0.5) is 0 Å². The van der Waals surface area contributed by atoms with Crippen LogP contribution in [0.1, 0.15) is 13.8 Å². The summed E-state index contributed by atoms with van der Waals surface area (Å²) in [6, 6.07) is 0. The lowest BCUT2D eigenvalue weighted by atomic mass is 9.87. The molecule has 10 heavy (non-hydrogen) atoms. The zero-order chi connectivity index (χ0) is 7.56. The first-order valence-corrected chi connectivity index (χ1v) is 4.07. The summed E-state index contributed by atoms with van der Waals surface area (Å²) < 4.78 is 0. The van der Waals surface area contributed by atoms with Gasteiger partial charge in [0.25, 0.3) is 0 Å². The Hall–Kier alpha value is -0.0800. The summed E-state index contributed by atoms with van der Waals surface area (Å²) in [5.41, 5.74) is 0. The van der Waals surface area contributed by atoms with E-state index in [9.17, 15) is 0 Å². The minimum absolute atomic E-state index is 0.343. The molecule has 1 fully saturated rings. The van der Waals surface area contributed by atoms with Gasteiger partial charge >= 0.3 is 0 Å². The molecule has 0 aromatic rings. The van der Waals surface area contributed by atoms with Gasteiger partial charge in [-0.3, -0.25) is 0 Å². The van der Waals surface area contributed by atoms with Crippen molar-refractivity contribution in [3.05, 3.63) is 0 Å². The Bertz CT molecular complexity index is 103. The Morgan fingerprint density at radius 2 is 2.20 bits per heavy atom. The van der Waals surface area contributed by atoms with Crippen molar-refractivity contribution < 1.29 is 5.11 Å². The fraction of sp³-hybridized carbons (Fsp3) is 1.00. The molecule has 2 atom stereocenters. The third kappa shape index (κ3) is 1.50. The highest BCUT2D eigenvalue weighted by Crippen LogP contribution is 2.23. The molecule has 0 amide bonds. The Balaban J connectivity index is 2.42. The number of hydrogen-bond donors (Lipinski definition) is 2. The third-order valence-electron chi connectivity index (χ3n) is 2.48. The van der Waals surface area contributed by atoms with Crippen LogP contribution in [-0.2, 0) is 0 Å². The molecular weight excluding hydrogens is 126 g/mol. The summed E-state index contributed by atoms with van der Waals surface area (Å²) in [6.45, 7) is 6.87. The maximum Gasteiger partial charge on any atom is 0.0474 e. The van der Waals surface area contributed by atoms with E-state index in [4.69, 9.17) is 5.11 Å². The summed E-state index contributed by atoms with van der Waals surface area (Å²) in [7, 11) is 0. The van der Waals surface area contributed by atoms with Gasteiger partial charge in [0, 0.05) is 13.2 Å². The predicted molar refractivity (Wildman–Crippen MR) is 41.8 cm³/mol. The molecule has 0 spiro atoms. The molecule has 0 saturated carbocycles. The second-order valence-corrected chi connectivity index (χ2v) is 3.51. The lowest BCUT2D eigenvalue weighted by molar-refractivity contribution is 0.182. The van der Waals surface area contributed by atoms with E-state index in [1.165, 1.54) is 0 Å². The monoisotopic (exact) mass is 143 g/mol. The molecule has 60 valence electrons. The normalized spacial score (nSPS) is 33.6. The van der Waals surface area contributed by atoms with Crippen molar-refractivity contribution in [1.82, 2.24) is 5.32 Å². The summed E-state index contributed by atoms with van der Waals surface area (Å²) in [6.07, 6.45) is 0. The smallest absolute Gasteiger partial charge is 0.0474 e. The molecule has 1 heterocycles. The quantitative estimate of drug-likeness (QED) is 0.589. The fourth-order valence-corrected chi connectivity index (χ4v) is 1.73. The fourth-order valence-electron chi connectivity index (χ4n) is 1.73. The van der Waals surface area contributed by atoms with Crippen molar-refractivity contribution in [1.29, 1.82) is 0 Å². The average molecular weight is 143 g/mol. The van der Waals surface area contributed by atoms with E-state index in [0.29, 0.717) is 24.4 Å². The molecule has 2 heteroatoms. The van der Waals surface area contributed by atoms with E-state index in [-0.39, 0.29) is 0 Å². The Labute approximate surface area is 62.6 Å². The average Bonchev–Trinajstić information content (AvgIpc) is 2.33. The highest BCUT2D eigenvalue weighted by molar-refractivity contribution is 4.82. The van der Waals surface area contributed by atoms with Crippen molar-refractivity contribution in [2.24, 2.45) is 17.8 Å². The predicted octanol–water partition coefficient (Wildman–Crippen LogP) is 0.470. The van der Waals surface area contributed by atoms with Gasteiger partial charge in [0.05, 0.1) is 0 Å². The molecule has 0 radical (unpaired) electrons. The number of aliphatic hydroxyl groups is 1. The first kappa shape index (κ1) is 8.02. The summed E-state index contributed by atoms with van der Waals surface area (Å²) in [4.78, 5) is 0. The Morgan fingerprint density at radius 1 is 1.50 bits per heavy atom. The lowest BCUT2D eigenvalue weighted by Crippen LogP contribution is -2.21. The second kappa shape index (κ2) is 3.35. The summed E-state index contributed by atoms with van der Waals surface area (Å²) in [5, 5.41) is 12.2. The number of rotatable bonds is 2. The van der Waals surface area contributed by atoms with Crippen molar-refractivity contribution in [3.63, 3.8) is 0 Å². The van der Waals surface area contributed by atoms with Crippen molar-refractivity contribution in [2.45, 2.75) is 13.8 Å². The Kier molecular flexibility index (Phi) is 2.69. The van der Waals surface area contributed by atoms with Crippen LogP contribution in [0.15, 0.2) is 0 Å². The molecular formula is C8H17NO. The van der Waals surface area contributed by atoms with E-state index in [1.54, 1.807) is 0 Å². The van der Waals surface area contributed by atoms with E-state index in [1.807, 2.05) is 0 Å². The van der Waals surface area contributed by atoms with Crippen LogP contribution >= 0.6 is 0 Å². The second-order valence-electron chi connectivity index (χ2n) is 3.51. The van der Waals surface area contributed by atoms with Crippen molar-refractivity contribution in [2.75, 3.05) is 19.7 Å². The molecule has 0 bridgehead atoms. The van der Waals surface area contributed by atoms with Crippen LogP contribution in [0.5, 0.6) is 0 Å². The topological polar surface area (TPSA) is 32.3 Å². The van der Waals surface area contributed by atoms with Gasteiger partial charge in [-0.25, -0.2) is 0 Å². The summed E-state index contributed by atoms with van der Waals surface area (Å²) in [5.74, 6) is 1.89. The van der Waals surface area contributed by atoms with Gasteiger partial charge in [0.15, 0.2) is 0 Å². The summed E-state index contributed by atoms with van der Waals surface area (Å²) >= 11 is 0. The molecule has 0 aromatic heterocycles. The van der Waals surface area contributed by atoms with Gasteiger partial charge < -0.3 is 10.4 Å². The number of hydrogen-bond acceptors (Lipinski definition) is 2. The maximum absolute atomic E-state index is 8.95. The standard InChI is InChI=1S/C8H17NO/c1-6(2)8-4-9-3-7(8)5-10/h6-10H,3-5H2,1-2H3. The maximum atomic E-state index is 8.95. The zero-order valence-electron chi connectivity index (χ0n) is 6.80. The first-order valence-electron chi connectivity index (χ1n) is 4.07. The SMILES string of the molecule is CC(C)C1CNCC1CO. The molecule has 0 aliphatic carbocycles. The number of nitrogens with one attached hydrogen (secondary N) is 1. The Morgan fingerprint density at radius 3 is 2.60 bits per heavy atom. The highest BCUT2D eigenvalue weighted by Gasteiger charge is 2.28. The molecule has 2 N–H and O–H groups in total. The molecule has 2 nitrogen and oxygen atoms in total. The molecule has 1 aliphatic rings. The van der Waals surface area contributed by atoms with Crippen molar-refractivity contribution in [3.8, 4) is 0 Å². The van der Waals surface area contributed by atoms with Crippen LogP contribution in [0.2, 0.25) is 0 Å². The van der Waals surface area contributed by atoms with Gasteiger partial charge in [-0.15, -0.1) is 0 Å². The molecule has 1 saturated heterocycles. The van der Waals surface area contributed by atoms with Crippen LogP contribution in [0.3, 0.4) is 0 Å². The molecule has 1 aliphatic heterocycles. The largest absolute Gasteiger partial charge is 0.396 e. The van der Waals surface area contributed by atoms with E-state index in [0.717, 1.165) is 13.1 Å². The molecule has 0 aromatic carbocycles. The van der Waals surface area contributed by atoms with Gasteiger partial charge in [-0.1, -0.05) is 13.8 Å². The number of aliphatic hydroxyl groups excluding tert-OH is 1. The highest BCUT2D eigenvalue weighted by atomic mass is 16.3. The van der Waals surface area contributed by atoms with Gasteiger partial charge in [-0.2, -0.15) is 0 Å². The van der Waals surface area contributed by atoms with Crippen LogP contribution in [0, 0.1) is 17.8 Å². The zero-order valence-corrected chi connectivity index (χ0v) is 6.80. The van der Waals surface area contributed by atoms with E-state index >= 15 is 0 Å². The molecule has 2 unspecified atom stereocenters. The van der Waals surface area contributed by atoms with Gasteiger partial charge in [0.1, 0.15) is 0 Å². The van der Waals surface area contributed by atoms with E-state index < -0.39 is 0 Å².